The van der Waals surface area contributed by atoms with Crippen molar-refractivity contribution in [2.75, 3.05) is 18.2 Å². The maximum Gasteiger partial charge on any atom is 0.215 e. The third-order valence-electron chi connectivity index (χ3n) is 2.82. The van der Waals surface area contributed by atoms with E-state index >= 15 is 0 Å². The summed E-state index contributed by atoms with van der Waals surface area (Å²) in [6, 6.07) is 2.03. The smallest absolute Gasteiger partial charge is 0.212 e. The van der Waals surface area contributed by atoms with Gasteiger partial charge in [-0.05, 0) is 35.2 Å². The van der Waals surface area contributed by atoms with Crippen molar-refractivity contribution in [3.8, 4) is 0 Å². The highest BCUT2D eigenvalue weighted by Crippen LogP contribution is 2.35. The van der Waals surface area contributed by atoms with Gasteiger partial charge in [-0.1, -0.05) is 0 Å². The van der Waals surface area contributed by atoms with Crippen LogP contribution in [-0.4, -0.2) is 30.9 Å². The van der Waals surface area contributed by atoms with Crippen molar-refractivity contribution in [1.29, 1.82) is 0 Å². The molecule has 1 atom stereocenters. The molecule has 0 radical (unpaired) electrons. The molecule has 1 saturated heterocycles. The summed E-state index contributed by atoms with van der Waals surface area (Å²) >= 11 is 7.14. The Hall–Kier alpha value is -0.100. The maximum atomic E-state index is 12.0. The van der Waals surface area contributed by atoms with Crippen LogP contribution in [0.5, 0.6) is 0 Å². The minimum atomic E-state index is -3.18. The lowest BCUT2D eigenvalue weighted by atomic mass is 10.1. The molecule has 0 N–H and O–H groups in total. The molecular formula is C10H14ClNO2S2. The van der Waals surface area contributed by atoms with Gasteiger partial charge in [-0.25, -0.2) is 8.42 Å². The van der Waals surface area contributed by atoms with Gasteiger partial charge in [0.05, 0.1) is 11.8 Å². The van der Waals surface area contributed by atoms with Crippen LogP contribution >= 0.6 is 22.9 Å². The molecule has 0 amide bonds. The van der Waals surface area contributed by atoms with E-state index in [1.165, 1.54) is 0 Å². The minimum Gasteiger partial charge on any atom is -0.212 e. The molecule has 16 heavy (non-hydrogen) atoms. The summed E-state index contributed by atoms with van der Waals surface area (Å²) in [5, 5.41) is 4.01. The minimum absolute atomic E-state index is 0.0273. The van der Waals surface area contributed by atoms with Crippen molar-refractivity contribution in [3.05, 3.63) is 22.4 Å². The Labute approximate surface area is 105 Å². The summed E-state index contributed by atoms with van der Waals surface area (Å²) in [5.74, 6) is 0.199. The Morgan fingerprint density at radius 3 is 3.00 bits per heavy atom. The number of rotatable bonds is 4. The van der Waals surface area contributed by atoms with Crippen LogP contribution in [0.15, 0.2) is 16.8 Å². The zero-order chi connectivity index (χ0) is 11.6. The van der Waals surface area contributed by atoms with E-state index in [2.05, 4.69) is 0 Å². The summed E-state index contributed by atoms with van der Waals surface area (Å²) in [7, 11) is -3.18. The average Bonchev–Trinajstić information content (AvgIpc) is 2.88. The molecule has 90 valence electrons. The Morgan fingerprint density at radius 1 is 1.56 bits per heavy atom. The number of sulfonamides is 1. The monoisotopic (exact) mass is 279 g/mol. The first-order valence-corrected chi connectivity index (χ1v) is 8.31. The molecule has 6 heteroatoms. The van der Waals surface area contributed by atoms with Gasteiger partial charge in [0, 0.05) is 12.4 Å². The first kappa shape index (κ1) is 12.4. The van der Waals surface area contributed by atoms with Gasteiger partial charge in [0.15, 0.2) is 0 Å². The second-order valence-corrected chi connectivity index (χ2v) is 7.03. The standard InChI is InChI=1S/C10H14ClNO2S2/c11-4-7-16(13,14)12-5-1-2-10(12)9-3-6-15-8-9/h3,6,8,10H,1-2,4-5,7H2. The van der Waals surface area contributed by atoms with Crippen LogP contribution in [0, 0.1) is 0 Å². The fraction of sp³-hybridized carbons (Fsp3) is 0.600. The van der Waals surface area contributed by atoms with Crippen LogP contribution < -0.4 is 0 Å². The van der Waals surface area contributed by atoms with Crippen LogP contribution in [-0.2, 0) is 10.0 Å². The lowest BCUT2D eigenvalue weighted by Gasteiger charge is -2.23. The lowest BCUT2D eigenvalue weighted by molar-refractivity contribution is 0.398. The number of thiophene rings is 1. The predicted octanol–water partition coefficient (Wildman–Crippen LogP) is 2.45. The topological polar surface area (TPSA) is 37.4 Å². The first-order valence-electron chi connectivity index (χ1n) is 5.23. The van der Waals surface area contributed by atoms with Crippen molar-refractivity contribution in [1.82, 2.24) is 4.31 Å². The number of hydrogen-bond acceptors (Lipinski definition) is 3. The van der Waals surface area contributed by atoms with E-state index < -0.39 is 10.0 Å². The molecule has 1 aromatic heterocycles. The molecule has 0 aliphatic carbocycles. The van der Waals surface area contributed by atoms with Crippen LogP contribution in [0.3, 0.4) is 0 Å². The van der Waals surface area contributed by atoms with Gasteiger partial charge in [-0.3, -0.25) is 0 Å². The van der Waals surface area contributed by atoms with Crippen molar-refractivity contribution in [2.24, 2.45) is 0 Å². The quantitative estimate of drug-likeness (QED) is 0.794. The highest BCUT2D eigenvalue weighted by molar-refractivity contribution is 7.89. The predicted molar refractivity (Wildman–Crippen MR) is 67.5 cm³/mol. The summed E-state index contributed by atoms with van der Waals surface area (Å²) in [6.07, 6.45) is 1.85. The second-order valence-electron chi connectivity index (χ2n) is 3.83. The van der Waals surface area contributed by atoms with Crippen molar-refractivity contribution in [3.63, 3.8) is 0 Å². The van der Waals surface area contributed by atoms with Gasteiger partial charge in [-0.15, -0.1) is 11.6 Å². The normalized spacial score (nSPS) is 22.7. The second kappa shape index (κ2) is 5.04. The van der Waals surface area contributed by atoms with Gasteiger partial charge in [-0.2, -0.15) is 15.6 Å². The summed E-state index contributed by atoms with van der Waals surface area (Å²) in [6.45, 7) is 0.625. The SMILES string of the molecule is O=S(=O)(CCCl)N1CCCC1c1ccsc1. The molecular weight excluding hydrogens is 266 g/mol. The number of alkyl halides is 1. The molecule has 2 heterocycles. The van der Waals surface area contributed by atoms with Gasteiger partial charge in [0.2, 0.25) is 10.0 Å². The zero-order valence-electron chi connectivity index (χ0n) is 8.80. The van der Waals surface area contributed by atoms with E-state index in [0.717, 1.165) is 18.4 Å². The van der Waals surface area contributed by atoms with E-state index in [4.69, 9.17) is 11.6 Å². The Balaban J connectivity index is 2.22. The summed E-state index contributed by atoms with van der Waals surface area (Å²) in [4.78, 5) is 0. The molecule has 0 bridgehead atoms. The van der Waals surface area contributed by atoms with Crippen LogP contribution in [0.2, 0.25) is 0 Å². The number of hydrogen-bond donors (Lipinski definition) is 0. The van der Waals surface area contributed by atoms with Crippen LogP contribution in [0.1, 0.15) is 24.4 Å². The van der Waals surface area contributed by atoms with Crippen molar-refractivity contribution in [2.45, 2.75) is 18.9 Å². The average molecular weight is 280 g/mol. The fourth-order valence-electron chi connectivity index (χ4n) is 2.09. The van der Waals surface area contributed by atoms with Crippen LogP contribution in [0.25, 0.3) is 0 Å². The molecule has 1 aromatic rings. The molecule has 1 aliphatic rings. The molecule has 1 fully saturated rings. The molecule has 0 spiro atoms. The highest BCUT2D eigenvalue weighted by atomic mass is 35.5. The fourth-order valence-corrected chi connectivity index (χ4v) is 4.83. The summed E-state index contributed by atoms with van der Waals surface area (Å²) < 4.78 is 25.6. The van der Waals surface area contributed by atoms with E-state index in [1.54, 1.807) is 15.6 Å². The molecule has 2 rings (SSSR count). The van der Waals surface area contributed by atoms with Crippen LogP contribution in [0.4, 0.5) is 0 Å². The lowest BCUT2D eigenvalue weighted by Crippen LogP contribution is -2.32. The van der Waals surface area contributed by atoms with E-state index in [1.807, 2.05) is 16.8 Å². The molecule has 1 unspecified atom stereocenters. The van der Waals surface area contributed by atoms with Gasteiger partial charge >= 0.3 is 0 Å². The molecule has 1 aliphatic heterocycles. The first-order chi connectivity index (χ1) is 7.65. The third kappa shape index (κ3) is 2.42. The third-order valence-corrected chi connectivity index (χ3v) is 5.81. The van der Waals surface area contributed by atoms with Crippen molar-refractivity contribution >= 4 is 33.0 Å². The van der Waals surface area contributed by atoms with Gasteiger partial charge in [0.25, 0.3) is 0 Å². The van der Waals surface area contributed by atoms with E-state index in [9.17, 15) is 8.42 Å². The van der Waals surface area contributed by atoms with E-state index in [-0.39, 0.29) is 17.7 Å². The largest absolute Gasteiger partial charge is 0.215 e. The number of halogens is 1. The zero-order valence-corrected chi connectivity index (χ0v) is 11.2. The highest BCUT2D eigenvalue weighted by Gasteiger charge is 2.34. The summed E-state index contributed by atoms with van der Waals surface area (Å²) in [5.41, 5.74) is 1.11. The van der Waals surface area contributed by atoms with Gasteiger partial charge < -0.3 is 0 Å². The van der Waals surface area contributed by atoms with Gasteiger partial charge in [0.1, 0.15) is 0 Å². The maximum absolute atomic E-state index is 12.0. The molecule has 0 aromatic carbocycles. The number of nitrogens with zero attached hydrogens (tertiary/aromatic N) is 1. The molecule has 3 nitrogen and oxygen atoms in total. The van der Waals surface area contributed by atoms with E-state index in [0.29, 0.717) is 6.54 Å². The molecule has 0 saturated carbocycles. The Kier molecular flexibility index (Phi) is 3.89. The Bertz CT molecular complexity index is 430. The Morgan fingerprint density at radius 2 is 2.38 bits per heavy atom. The van der Waals surface area contributed by atoms with Crippen molar-refractivity contribution < 1.29 is 8.42 Å².